The van der Waals surface area contributed by atoms with Crippen molar-refractivity contribution in [3.63, 3.8) is 0 Å². The van der Waals surface area contributed by atoms with Gasteiger partial charge in [0, 0.05) is 23.0 Å². The molecule has 1 amide bonds. The summed E-state index contributed by atoms with van der Waals surface area (Å²) < 4.78 is 0.506. The topological polar surface area (TPSA) is 72.2 Å². The fourth-order valence-electron chi connectivity index (χ4n) is 1.16. The molecule has 0 fully saturated rings. The summed E-state index contributed by atoms with van der Waals surface area (Å²) in [5.74, 6) is -0.1000. The molecule has 6 heteroatoms. The fourth-order valence-corrected chi connectivity index (χ4v) is 1.62. The Morgan fingerprint density at radius 2 is 2.25 bits per heavy atom. The van der Waals surface area contributed by atoms with Gasteiger partial charge in [-0.3, -0.25) is 14.9 Å². The molecule has 0 atom stereocenters. The second-order valence-electron chi connectivity index (χ2n) is 3.22. The number of non-ortho nitro benzene ring substituents is 1. The Hall–Kier alpha value is -1.43. The van der Waals surface area contributed by atoms with E-state index in [4.69, 9.17) is 0 Å². The number of anilines is 1. The molecule has 86 valence electrons. The number of nitrogens with zero attached hydrogens (tertiary/aromatic N) is 1. The SMILES string of the molecule is CCCC(=O)Nc1ccc([N+](=O)[O-])cc1Br. The van der Waals surface area contributed by atoms with Crippen LogP contribution in [0.25, 0.3) is 0 Å². The molecular formula is C10H11BrN2O3. The lowest BCUT2D eigenvalue weighted by Gasteiger charge is -2.06. The van der Waals surface area contributed by atoms with Gasteiger partial charge in [-0.15, -0.1) is 0 Å². The smallest absolute Gasteiger partial charge is 0.270 e. The van der Waals surface area contributed by atoms with E-state index < -0.39 is 4.92 Å². The van der Waals surface area contributed by atoms with Gasteiger partial charge in [0.15, 0.2) is 0 Å². The van der Waals surface area contributed by atoms with Crippen LogP contribution in [0.2, 0.25) is 0 Å². The van der Waals surface area contributed by atoms with Gasteiger partial charge in [0.05, 0.1) is 10.6 Å². The molecule has 0 spiro atoms. The molecule has 1 rings (SSSR count). The van der Waals surface area contributed by atoms with Crippen molar-refractivity contribution in [1.29, 1.82) is 0 Å². The van der Waals surface area contributed by atoms with Crippen molar-refractivity contribution < 1.29 is 9.72 Å². The van der Waals surface area contributed by atoms with E-state index in [2.05, 4.69) is 21.2 Å². The van der Waals surface area contributed by atoms with Gasteiger partial charge in [-0.05, 0) is 28.4 Å². The molecule has 1 N–H and O–H groups in total. The predicted molar refractivity (Wildman–Crippen MR) is 64.3 cm³/mol. The zero-order valence-corrected chi connectivity index (χ0v) is 10.3. The first-order chi connectivity index (χ1) is 7.54. The van der Waals surface area contributed by atoms with Crippen LogP contribution in [0.5, 0.6) is 0 Å². The van der Waals surface area contributed by atoms with E-state index in [1.165, 1.54) is 18.2 Å². The fraction of sp³-hybridized carbons (Fsp3) is 0.300. The monoisotopic (exact) mass is 286 g/mol. The summed E-state index contributed by atoms with van der Waals surface area (Å²) in [6.45, 7) is 1.91. The molecule has 1 aromatic carbocycles. The molecule has 5 nitrogen and oxygen atoms in total. The molecule has 0 saturated heterocycles. The van der Waals surface area contributed by atoms with Crippen LogP contribution in [0, 0.1) is 10.1 Å². The molecule has 0 aromatic heterocycles. The van der Waals surface area contributed by atoms with Gasteiger partial charge in [-0.1, -0.05) is 6.92 Å². The van der Waals surface area contributed by atoms with Crippen LogP contribution in [0.15, 0.2) is 22.7 Å². The molecular weight excluding hydrogens is 276 g/mol. The highest BCUT2D eigenvalue weighted by atomic mass is 79.9. The molecule has 0 radical (unpaired) electrons. The number of amides is 1. The quantitative estimate of drug-likeness (QED) is 0.683. The maximum atomic E-state index is 11.3. The summed E-state index contributed by atoms with van der Waals surface area (Å²) in [4.78, 5) is 21.3. The maximum Gasteiger partial charge on any atom is 0.270 e. The third-order valence-corrected chi connectivity index (χ3v) is 2.57. The number of hydrogen-bond acceptors (Lipinski definition) is 3. The molecule has 1 aromatic rings. The Morgan fingerprint density at radius 3 is 2.75 bits per heavy atom. The summed E-state index contributed by atoms with van der Waals surface area (Å²) in [6.07, 6.45) is 1.19. The van der Waals surface area contributed by atoms with Gasteiger partial charge in [-0.25, -0.2) is 0 Å². The number of carbonyl (C=O) groups excluding carboxylic acids is 1. The van der Waals surface area contributed by atoms with Gasteiger partial charge >= 0.3 is 0 Å². The van der Waals surface area contributed by atoms with Crippen molar-refractivity contribution >= 4 is 33.2 Å². The lowest BCUT2D eigenvalue weighted by atomic mass is 10.2. The van der Waals surface area contributed by atoms with Crippen molar-refractivity contribution in [1.82, 2.24) is 0 Å². The van der Waals surface area contributed by atoms with Crippen LogP contribution in [0.4, 0.5) is 11.4 Å². The maximum absolute atomic E-state index is 11.3. The van der Waals surface area contributed by atoms with Gasteiger partial charge in [0.1, 0.15) is 0 Å². The Balaban J connectivity index is 2.83. The van der Waals surface area contributed by atoms with E-state index in [9.17, 15) is 14.9 Å². The van der Waals surface area contributed by atoms with Crippen LogP contribution in [-0.2, 0) is 4.79 Å². The number of halogens is 1. The number of nitrogens with one attached hydrogen (secondary N) is 1. The predicted octanol–water partition coefficient (Wildman–Crippen LogP) is 3.10. The van der Waals surface area contributed by atoms with E-state index in [1.54, 1.807) is 0 Å². The van der Waals surface area contributed by atoms with Crippen LogP contribution in [-0.4, -0.2) is 10.8 Å². The van der Waals surface area contributed by atoms with E-state index in [0.29, 0.717) is 16.6 Å². The van der Waals surface area contributed by atoms with Crippen LogP contribution < -0.4 is 5.32 Å². The third-order valence-electron chi connectivity index (χ3n) is 1.91. The summed E-state index contributed by atoms with van der Waals surface area (Å²) in [7, 11) is 0. The van der Waals surface area contributed by atoms with E-state index >= 15 is 0 Å². The zero-order valence-electron chi connectivity index (χ0n) is 8.70. The van der Waals surface area contributed by atoms with Gasteiger partial charge < -0.3 is 5.32 Å². The second-order valence-corrected chi connectivity index (χ2v) is 4.07. The van der Waals surface area contributed by atoms with Crippen molar-refractivity contribution in [2.75, 3.05) is 5.32 Å². The van der Waals surface area contributed by atoms with Gasteiger partial charge in [0.2, 0.25) is 5.91 Å². The second kappa shape index (κ2) is 5.60. The highest BCUT2D eigenvalue weighted by Gasteiger charge is 2.10. The first kappa shape index (κ1) is 12.6. The van der Waals surface area contributed by atoms with Gasteiger partial charge in [0.25, 0.3) is 5.69 Å². The first-order valence-corrected chi connectivity index (χ1v) is 5.57. The van der Waals surface area contributed by atoms with Gasteiger partial charge in [-0.2, -0.15) is 0 Å². The normalized spacial score (nSPS) is 9.88. The Kier molecular flexibility index (Phi) is 4.42. The molecule has 0 bridgehead atoms. The number of nitro groups is 1. The summed E-state index contributed by atoms with van der Waals surface area (Å²) in [5.41, 5.74) is 0.532. The van der Waals surface area contributed by atoms with Crippen LogP contribution in [0.3, 0.4) is 0 Å². The van der Waals surface area contributed by atoms with Crippen molar-refractivity contribution in [2.45, 2.75) is 19.8 Å². The van der Waals surface area contributed by atoms with E-state index in [1.807, 2.05) is 6.92 Å². The minimum Gasteiger partial charge on any atom is -0.325 e. The lowest BCUT2D eigenvalue weighted by Crippen LogP contribution is -2.11. The minimum atomic E-state index is -0.484. The summed E-state index contributed by atoms with van der Waals surface area (Å²) >= 11 is 3.18. The number of rotatable bonds is 4. The highest BCUT2D eigenvalue weighted by Crippen LogP contribution is 2.27. The molecule has 0 unspecified atom stereocenters. The van der Waals surface area contributed by atoms with Crippen molar-refractivity contribution in [3.8, 4) is 0 Å². The standard InChI is InChI=1S/C10H11BrN2O3/c1-2-3-10(14)12-9-5-4-7(13(15)16)6-8(9)11/h4-6H,2-3H2,1H3,(H,12,14). The average molecular weight is 287 g/mol. The third kappa shape index (κ3) is 3.30. The molecule has 16 heavy (non-hydrogen) atoms. The lowest BCUT2D eigenvalue weighted by molar-refractivity contribution is -0.384. The molecule has 0 heterocycles. The Morgan fingerprint density at radius 1 is 1.56 bits per heavy atom. The zero-order chi connectivity index (χ0) is 12.1. The number of carbonyl (C=O) groups is 1. The van der Waals surface area contributed by atoms with Crippen LogP contribution >= 0.6 is 15.9 Å². The number of benzene rings is 1. The molecule has 0 aliphatic carbocycles. The largest absolute Gasteiger partial charge is 0.325 e. The van der Waals surface area contributed by atoms with Crippen LogP contribution in [0.1, 0.15) is 19.8 Å². The first-order valence-electron chi connectivity index (χ1n) is 4.78. The minimum absolute atomic E-state index is 0.0136. The molecule has 0 saturated carbocycles. The average Bonchev–Trinajstić information content (AvgIpc) is 2.21. The highest BCUT2D eigenvalue weighted by molar-refractivity contribution is 9.10. The molecule has 0 aliphatic rings. The summed E-state index contributed by atoms with van der Waals surface area (Å²) in [6, 6.07) is 4.23. The number of nitro benzene ring substituents is 1. The Labute approximate surface area is 101 Å². The van der Waals surface area contributed by atoms with E-state index in [0.717, 1.165) is 6.42 Å². The van der Waals surface area contributed by atoms with Crippen molar-refractivity contribution in [3.05, 3.63) is 32.8 Å². The van der Waals surface area contributed by atoms with Crippen molar-refractivity contribution in [2.24, 2.45) is 0 Å². The summed E-state index contributed by atoms with van der Waals surface area (Å²) in [5, 5.41) is 13.2. The number of hydrogen-bond donors (Lipinski definition) is 1. The van der Waals surface area contributed by atoms with E-state index in [-0.39, 0.29) is 11.6 Å². The Bertz CT molecular complexity index is 421. The molecule has 0 aliphatic heterocycles.